The smallest absolute Gasteiger partial charge is 0.289 e. The van der Waals surface area contributed by atoms with Gasteiger partial charge in [0.2, 0.25) is 10.0 Å². The van der Waals surface area contributed by atoms with Gasteiger partial charge < -0.3 is 4.90 Å². The normalized spacial score (nSPS) is 11.5. The molecule has 3 rings (SSSR count). The van der Waals surface area contributed by atoms with Crippen LogP contribution in [0.2, 0.25) is 5.02 Å². The van der Waals surface area contributed by atoms with E-state index in [1.54, 1.807) is 12.3 Å². The van der Waals surface area contributed by atoms with Crippen LogP contribution in [0.4, 0.5) is 11.4 Å². The molecule has 0 saturated carbocycles. The van der Waals surface area contributed by atoms with Gasteiger partial charge in [-0.1, -0.05) is 29.8 Å². The molecule has 10 heteroatoms. The molecule has 0 amide bonds. The lowest BCUT2D eigenvalue weighted by atomic mass is 10.2. The minimum atomic E-state index is -4.04. The Hall–Kier alpha value is -3.01. The molecule has 0 aliphatic rings. The maximum Gasteiger partial charge on any atom is 0.289 e. The van der Waals surface area contributed by atoms with Crippen molar-refractivity contribution in [2.45, 2.75) is 17.9 Å². The molecule has 0 radical (unpaired) electrons. The predicted octanol–water partition coefficient (Wildman–Crippen LogP) is 4.14. The largest absolute Gasteiger partial charge is 0.378 e. The summed E-state index contributed by atoms with van der Waals surface area (Å²) < 4.78 is 28.2. The Kier molecular flexibility index (Phi) is 7.44. The topological polar surface area (TPSA) is 96.7 Å². The van der Waals surface area contributed by atoms with E-state index >= 15 is 0 Å². The van der Waals surface area contributed by atoms with Gasteiger partial charge in [0.05, 0.1) is 9.82 Å². The third-order valence-electron chi connectivity index (χ3n) is 4.91. The molecule has 0 unspecified atom stereocenters. The van der Waals surface area contributed by atoms with E-state index in [0.29, 0.717) is 6.42 Å². The summed E-state index contributed by atoms with van der Waals surface area (Å²) in [4.78, 5) is 16.6. The van der Waals surface area contributed by atoms with Gasteiger partial charge in [0.15, 0.2) is 0 Å². The molecule has 0 saturated heterocycles. The zero-order valence-electron chi connectivity index (χ0n) is 17.7. The van der Waals surface area contributed by atoms with Crippen molar-refractivity contribution >= 4 is 33.0 Å². The second-order valence-corrected chi connectivity index (χ2v) is 9.69. The average Bonchev–Trinajstić information content (AvgIpc) is 2.77. The Morgan fingerprint density at radius 2 is 1.78 bits per heavy atom. The van der Waals surface area contributed by atoms with E-state index in [4.69, 9.17) is 11.6 Å². The Labute approximate surface area is 192 Å². The predicted molar refractivity (Wildman–Crippen MR) is 124 cm³/mol. The number of halogens is 1. The quantitative estimate of drug-likeness (QED) is 0.341. The number of nitro benzene ring substituents is 1. The molecule has 168 valence electrons. The number of aromatic nitrogens is 1. The molecule has 0 fully saturated rings. The summed E-state index contributed by atoms with van der Waals surface area (Å²) in [6, 6.07) is 16.5. The number of anilines is 1. The highest BCUT2D eigenvalue weighted by Gasteiger charge is 2.27. The number of rotatable bonds is 9. The molecule has 0 aliphatic heterocycles. The fourth-order valence-corrected chi connectivity index (χ4v) is 4.75. The Bertz CT molecular complexity index is 1190. The van der Waals surface area contributed by atoms with Crippen LogP contribution < -0.4 is 4.90 Å². The van der Waals surface area contributed by atoms with Gasteiger partial charge in [0.25, 0.3) is 5.69 Å². The summed E-state index contributed by atoms with van der Waals surface area (Å²) in [7, 11) is -0.191. The lowest BCUT2D eigenvalue weighted by Gasteiger charge is -2.23. The molecule has 0 atom stereocenters. The van der Waals surface area contributed by atoms with Gasteiger partial charge in [0.1, 0.15) is 5.02 Å². The molecule has 32 heavy (non-hydrogen) atoms. The molecule has 8 nitrogen and oxygen atoms in total. The lowest BCUT2D eigenvalue weighted by Crippen LogP contribution is -2.32. The summed E-state index contributed by atoms with van der Waals surface area (Å²) in [5, 5.41) is 11.1. The van der Waals surface area contributed by atoms with Crippen molar-refractivity contribution in [3.63, 3.8) is 0 Å². The first kappa shape index (κ1) is 23.6. The molecular formula is C22H23ClN4O4S. The van der Waals surface area contributed by atoms with Crippen LogP contribution in [0.15, 0.2) is 71.8 Å². The minimum absolute atomic E-state index is 0.110. The Balaban J connectivity index is 1.94. The number of hydrogen-bond acceptors (Lipinski definition) is 6. The SMILES string of the molecule is CN(C)c1ccc(CN(CCc2ccccn2)S(=O)(=O)c2ccc(Cl)c([N+](=O)[O-])c2)cc1. The van der Waals surface area contributed by atoms with Crippen molar-refractivity contribution in [2.75, 3.05) is 25.5 Å². The number of hydrogen-bond donors (Lipinski definition) is 0. The molecule has 1 aromatic heterocycles. The fourth-order valence-electron chi connectivity index (χ4n) is 3.11. The summed E-state index contributed by atoms with van der Waals surface area (Å²) in [5.74, 6) is 0. The molecule has 0 spiro atoms. The summed E-state index contributed by atoms with van der Waals surface area (Å²) in [6.45, 7) is 0.268. The van der Waals surface area contributed by atoms with Gasteiger partial charge in [-0.25, -0.2) is 8.42 Å². The summed E-state index contributed by atoms with van der Waals surface area (Å²) >= 11 is 5.87. The molecule has 2 aromatic carbocycles. The van der Waals surface area contributed by atoms with Crippen LogP contribution in [-0.2, 0) is 23.0 Å². The number of nitrogens with zero attached hydrogens (tertiary/aromatic N) is 4. The van der Waals surface area contributed by atoms with Gasteiger partial charge >= 0.3 is 0 Å². The lowest BCUT2D eigenvalue weighted by molar-refractivity contribution is -0.384. The highest BCUT2D eigenvalue weighted by atomic mass is 35.5. The molecule has 0 bridgehead atoms. The minimum Gasteiger partial charge on any atom is -0.378 e. The van der Waals surface area contributed by atoms with Crippen molar-refractivity contribution in [1.29, 1.82) is 0 Å². The number of benzene rings is 2. The van der Waals surface area contributed by atoms with Gasteiger partial charge in [-0.05, 0) is 42.0 Å². The second kappa shape index (κ2) is 10.1. The number of pyridine rings is 1. The highest BCUT2D eigenvalue weighted by molar-refractivity contribution is 7.89. The maximum atomic E-state index is 13.5. The van der Waals surface area contributed by atoms with Crippen LogP contribution in [0.5, 0.6) is 0 Å². The van der Waals surface area contributed by atoms with E-state index in [1.807, 2.05) is 55.4 Å². The van der Waals surface area contributed by atoms with Crippen LogP contribution >= 0.6 is 11.6 Å². The zero-order valence-corrected chi connectivity index (χ0v) is 19.3. The second-order valence-electron chi connectivity index (χ2n) is 7.34. The third kappa shape index (κ3) is 5.61. The van der Waals surface area contributed by atoms with Crippen LogP contribution in [0.1, 0.15) is 11.3 Å². The standard InChI is InChI=1S/C22H23ClN4O4S/c1-25(2)19-8-6-17(7-9-19)16-26(14-12-18-5-3-4-13-24-18)32(30,31)20-10-11-21(23)22(15-20)27(28)29/h3-11,13,15H,12,14,16H2,1-2H3. The first-order chi connectivity index (χ1) is 15.2. The van der Waals surface area contributed by atoms with Crippen molar-refractivity contribution in [2.24, 2.45) is 0 Å². The van der Waals surface area contributed by atoms with E-state index < -0.39 is 20.6 Å². The van der Waals surface area contributed by atoms with Crippen molar-refractivity contribution < 1.29 is 13.3 Å². The van der Waals surface area contributed by atoms with Crippen LogP contribution in [-0.4, -0.2) is 43.3 Å². The van der Waals surface area contributed by atoms with E-state index in [0.717, 1.165) is 23.0 Å². The summed E-state index contributed by atoms with van der Waals surface area (Å²) in [5.41, 5.74) is 2.08. The average molecular weight is 475 g/mol. The number of nitro groups is 1. The summed E-state index contributed by atoms with van der Waals surface area (Å²) in [6.07, 6.45) is 2.04. The Morgan fingerprint density at radius 1 is 1.06 bits per heavy atom. The number of sulfonamides is 1. The van der Waals surface area contributed by atoms with E-state index in [2.05, 4.69) is 4.98 Å². The van der Waals surface area contributed by atoms with Gasteiger partial charge in [-0.15, -0.1) is 0 Å². The molecule has 1 heterocycles. The van der Waals surface area contributed by atoms with E-state index in [-0.39, 0.29) is 23.0 Å². The van der Waals surface area contributed by atoms with E-state index in [1.165, 1.54) is 16.4 Å². The maximum absolute atomic E-state index is 13.5. The van der Waals surface area contributed by atoms with Crippen LogP contribution in [0, 0.1) is 10.1 Å². The van der Waals surface area contributed by atoms with Gasteiger partial charge in [-0.3, -0.25) is 15.1 Å². The zero-order chi connectivity index (χ0) is 23.3. The highest BCUT2D eigenvalue weighted by Crippen LogP contribution is 2.29. The molecule has 3 aromatic rings. The monoisotopic (exact) mass is 474 g/mol. The van der Waals surface area contributed by atoms with Crippen LogP contribution in [0.25, 0.3) is 0 Å². The van der Waals surface area contributed by atoms with Crippen LogP contribution in [0.3, 0.4) is 0 Å². The first-order valence-corrected chi connectivity index (χ1v) is 11.6. The molecule has 0 N–H and O–H groups in total. The Morgan fingerprint density at radius 3 is 2.38 bits per heavy atom. The molecular weight excluding hydrogens is 452 g/mol. The van der Waals surface area contributed by atoms with Crippen molar-refractivity contribution in [1.82, 2.24) is 9.29 Å². The van der Waals surface area contributed by atoms with Gasteiger partial charge in [-0.2, -0.15) is 4.31 Å². The van der Waals surface area contributed by atoms with Crippen molar-refractivity contribution in [3.8, 4) is 0 Å². The van der Waals surface area contributed by atoms with Gasteiger partial charge in [0, 0.05) is 57.3 Å². The van der Waals surface area contributed by atoms with Crippen molar-refractivity contribution in [3.05, 3.63) is 93.3 Å². The van der Waals surface area contributed by atoms with E-state index in [9.17, 15) is 18.5 Å². The first-order valence-electron chi connectivity index (χ1n) is 9.79. The molecule has 0 aliphatic carbocycles. The fraction of sp³-hybridized carbons (Fsp3) is 0.227. The third-order valence-corrected chi connectivity index (χ3v) is 7.07.